The second kappa shape index (κ2) is 5.16. The molecule has 86 valence electrons. The number of aromatic nitrogens is 3. The first kappa shape index (κ1) is 11.2. The Bertz CT molecular complexity index is 514. The van der Waals surface area contributed by atoms with Crippen LogP contribution in [0.4, 0.5) is 0 Å². The van der Waals surface area contributed by atoms with Crippen molar-refractivity contribution in [2.75, 3.05) is 7.11 Å². The van der Waals surface area contributed by atoms with Gasteiger partial charge in [-0.05, 0) is 18.2 Å². The Balaban J connectivity index is 2.26. The summed E-state index contributed by atoms with van der Waals surface area (Å²) in [5.74, 6) is 0.0894. The predicted molar refractivity (Wildman–Crippen MR) is 61.0 cm³/mol. The molecular formula is C12H11N3O2. The number of methoxy groups -OCH3 is 1. The number of rotatable bonds is 3. The highest BCUT2D eigenvalue weighted by molar-refractivity contribution is 5.71. The zero-order chi connectivity index (χ0) is 12.1. The maximum atomic E-state index is 11.1. The van der Waals surface area contributed by atoms with Crippen LogP contribution in [0.5, 0.6) is 0 Å². The van der Waals surface area contributed by atoms with Crippen LogP contribution in [0.3, 0.4) is 0 Å². The molecule has 5 heteroatoms. The summed E-state index contributed by atoms with van der Waals surface area (Å²) >= 11 is 0. The number of ether oxygens (including phenoxy) is 1. The molecule has 2 aromatic rings. The molecule has 0 N–H and O–H groups in total. The second-order valence-corrected chi connectivity index (χ2v) is 3.35. The Morgan fingerprint density at radius 1 is 1.35 bits per heavy atom. The van der Waals surface area contributed by atoms with Crippen molar-refractivity contribution in [2.45, 2.75) is 6.42 Å². The number of hydrogen-bond donors (Lipinski definition) is 0. The maximum absolute atomic E-state index is 11.1. The van der Waals surface area contributed by atoms with Gasteiger partial charge in [-0.1, -0.05) is 0 Å². The summed E-state index contributed by atoms with van der Waals surface area (Å²) < 4.78 is 4.57. The van der Waals surface area contributed by atoms with Gasteiger partial charge >= 0.3 is 5.97 Å². The predicted octanol–water partition coefficient (Wildman–Crippen LogP) is 1.25. The summed E-state index contributed by atoms with van der Waals surface area (Å²) in [7, 11) is 1.34. The molecule has 0 aliphatic heterocycles. The molecule has 0 saturated heterocycles. The van der Waals surface area contributed by atoms with E-state index in [1.807, 2.05) is 12.1 Å². The van der Waals surface area contributed by atoms with Gasteiger partial charge in [0.2, 0.25) is 0 Å². The normalized spacial score (nSPS) is 9.94. The second-order valence-electron chi connectivity index (χ2n) is 3.35. The molecule has 2 rings (SSSR count). The lowest BCUT2D eigenvalue weighted by atomic mass is 10.2. The molecule has 5 nitrogen and oxygen atoms in total. The number of carbonyl (C=O) groups is 1. The van der Waals surface area contributed by atoms with Crippen LogP contribution in [0.25, 0.3) is 11.3 Å². The average molecular weight is 229 g/mol. The fourth-order valence-corrected chi connectivity index (χ4v) is 1.36. The van der Waals surface area contributed by atoms with Crippen molar-refractivity contribution in [2.24, 2.45) is 0 Å². The van der Waals surface area contributed by atoms with Crippen LogP contribution >= 0.6 is 0 Å². The topological polar surface area (TPSA) is 65.0 Å². The summed E-state index contributed by atoms with van der Waals surface area (Å²) in [6.45, 7) is 0. The summed E-state index contributed by atoms with van der Waals surface area (Å²) in [6.07, 6.45) is 5.10. The third kappa shape index (κ3) is 2.84. The molecule has 0 atom stereocenters. The number of hydrogen-bond acceptors (Lipinski definition) is 5. The first-order chi connectivity index (χ1) is 8.29. The van der Waals surface area contributed by atoms with Crippen molar-refractivity contribution in [3.8, 4) is 11.3 Å². The summed E-state index contributed by atoms with van der Waals surface area (Å²) in [4.78, 5) is 23.4. The third-order valence-electron chi connectivity index (χ3n) is 2.19. The van der Waals surface area contributed by atoms with Gasteiger partial charge in [-0.25, -0.2) is 9.97 Å². The lowest BCUT2D eigenvalue weighted by Crippen LogP contribution is -2.08. The Kier molecular flexibility index (Phi) is 3.40. The lowest BCUT2D eigenvalue weighted by molar-refractivity contribution is -0.139. The Labute approximate surface area is 98.5 Å². The van der Waals surface area contributed by atoms with Gasteiger partial charge in [-0.3, -0.25) is 9.78 Å². The molecule has 0 aliphatic rings. The number of nitrogens with zero attached hydrogens (tertiary/aromatic N) is 3. The first-order valence-corrected chi connectivity index (χ1v) is 5.09. The fourth-order valence-electron chi connectivity index (χ4n) is 1.36. The highest BCUT2D eigenvalue weighted by atomic mass is 16.5. The number of carbonyl (C=O) groups excluding carboxylic acids is 1. The van der Waals surface area contributed by atoms with Crippen molar-refractivity contribution in [3.05, 3.63) is 42.6 Å². The average Bonchev–Trinajstić information content (AvgIpc) is 2.40. The summed E-state index contributed by atoms with van der Waals surface area (Å²) in [5.41, 5.74) is 1.63. The highest BCUT2D eigenvalue weighted by Gasteiger charge is 2.07. The molecule has 0 saturated carbocycles. The molecule has 17 heavy (non-hydrogen) atoms. The van der Waals surface area contributed by atoms with Crippen LogP contribution in [0, 0.1) is 0 Å². The number of esters is 1. The van der Waals surface area contributed by atoms with Gasteiger partial charge in [-0.2, -0.15) is 0 Å². The number of pyridine rings is 1. The SMILES string of the molecule is COC(=O)Cc1nccc(-c2cccnc2)n1. The van der Waals surface area contributed by atoms with Crippen molar-refractivity contribution in [3.63, 3.8) is 0 Å². The van der Waals surface area contributed by atoms with Gasteiger partial charge in [-0.15, -0.1) is 0 Å². The van der Waals surface area contributed by atoms with E-state index >= 15 is 0 Å². The van der Waals surface area contributed by atoms with Crippen LogP contribution < -0.4 is 0 Å². The third-order valence-corrected chi connectivity index (χ3v) is 2.19. The molecule has 0 fully saturated rings. The zero-order valence-corrected chi connectivity index (χ0v) is 9.33. The van der Waals surface area contributed by atoms with Crippen LogP contribution in [-0.2, 0) is 16.0 Å². The largest absolute Gasteiger partial charge is 0.469 e. The monoisotopic (exact) mass is 229 g/mol. The van der Waals surface area contributed by atoms with E-state index in [2.05, 4.69) is 19.7 Å². The van der Waals surface area contributed by atoms with Crippen LogP contribution in [0.2, 0.25) is 0 Å². The molecule has 0 aromatic carbocycles. The quantitative estimate of drug-likeness (QED) is 0.741. The van der Waals surface area contributed by atoms with Gasteiger partial charge in [0, 0.05) is 24.2 Å². The molecule has 0 unspecified atom stereocenters. The Morgan fingerprint density at radius 2 is 2.24 bits per heavy atom. The van der Waals surface area contributed by atoms with Crippen molar-refractivity contribution in [1.29, 1.82) is 0 Å². The van der Waals surface area contributed by atoms with Gasteiger partial charge in [0.25, 0.3) is 0 Å². The molecule has 0 bridgehead atoms. The Hall–Kier alpha value is -2.30. The van der Waals surface area contributed by atoms with Gasteiger partial charge in [0.05, 0.1) is 12.8 Å². The van der Waals surface area contributed by atoms with Gasteiger partial charge in [0.1, 0.15) is 12.2 Å². The van der Waals surface area contributed by atoms with E-state index in [1.165, 1.54) is 7.11 Å². The van der Waals surface area contributed by atoms with E-state index in [4.69, 9.17) is 0 Å². The first-order valence-electron chi connectivity index (χ1n) is 5.09. The minimum atomic E-state index is -0.353. The minimum Gasteiger partial charge on any atom is -0.469 e. The van der Waals surface area contributed by atoms with E-state index in [-0.39, 0.29) is 12.4 Å². The van der Waals surface area contributed by atoms with Crippen LogP contribution in [0.15, 0.2) is 36.8 Å². The minimum absolute atomic E-state index is 0.0740. The molecule has 0 radical (unpaired) electrons. The summed E-state index contributed by atoms with van der Waals surface area (Å²) in [6, 6.07) is 5.51. The van der Waals surface area contributed by atoms with Crippen molar-refractivity contribution < 1.29 is 9.53 Å². The molecule has 2 aromatic heterocycles. The highest BCUT2D eigenvalue weighted by Crippen LogP contribution is 2.14. The Morgan fingerprint density at radius 3 is 2.94 bits per heavy atom. The summed E-state index contributed by atoms with van der Waals surface area (Å²) in [5, 5.41) is 0. The molecule has 0 spiro atoms. The standard InChI is InChI=1S/C12H11N3O2/c1-17-12(16)7-11-14-6-4-10(15-11)9-3-2-5-13-8-9/h2-6,8H,7H2,1H3. The van der Waals surface area contributed by atoms with Crippen LogP contribution in [0.1, 0.15) is 5.82 Å². The smallest absolute Gasteiger partial charge is 0.313 e. The van der Waals surface area contributed by atoms with Crippen molar-refractivity contribution in [1.82, 2.24) is 15.0 Å². The molecule has 0 aliphatic carbocycles. The van der Waals surface area contributed by atoms with Gasteiger partial charge < -0.3 is 4.74 Å². The van der Waals surface area contributed by atoms with E-state index < -0.39 is 0 Å². The molecular weight excluding hydrogens is 218 g/mol. The fraction of sp³-hybridized carbons (Fsp3) is 0.167. The zero-order valence-electron chi connectivity index (χ0n) is 9.33. The van der Waals surface area contributed by atoms with E-state index in [0.29, 0.717) is 5.82 Å². The van der Waals surface area contributed by atoms with E-state index in [1.54, 1.807) is 24.7 Å². The van der Waals surface area contributed by atoms with Gasteiger partial charge in [0.15, 0.2) is 0 Å². The lowest BCUT2D eigenvalue weighted by Gasteiger charge is -2.02. The maximum Gasteiger partial charge on any atom is 0.313 e. The molecule has 0 amide bonds. The van der Waals surface area contributed by atoms with E-state index in [9.17, 15) is 4.79 Å². The van der Waals surface area contributed by atoms with Crippen LogP contribution in [-0.4, -0.2) is 28.0 Å². The van der Waals surface area contributed by atoms with E-state index in [0.717, 1.165) is 11.3 Å². The van der Waals surface area contributed by atoms with Crippen molar-refractivity contribution >= 4 is 5.97 Å². The molecule has 2 heterocycles.